The van der Waals surface area contributed by atoms with Crippen molar-refractivity contribution in [3.8, 4) is 5.69 Å². The average molecular weight is 392 g/mol. The maximum Gasteiger partial charge on any atom is 0.259 e. The molecule has 0 aliphatic carbocycles. The molecule has 0 radical (unpaired) electrons. The predicted octanol–water partition coefficient (Wildman–Crippen LogP) is 4.01. The first kappa shape index (κ1) is 18.9. The second kappa shape index (κ2) is 7.50. The molecule has 29 heavy (non-hydrogen) atoms. The molecular formula is C22H21FN4O2. The summed E-state index contributed by atoms with van der Waals surface area (Å²) >= 11 is 0. The molecule has 1 aliphatic heterocycles. The first-order chi connectivity index (χ1) is 13.9. The number of benzene rings is 2. The highest BCUT2D eigenvalue weighted by Crippen LogP contribution is 2.24. The second-order valence-electron chi connectivity index (χ2n) is 7.08. The van der Waals surface area contributed by atoms with Gasteiger partial charge in [0, 0.05) is 24.3 Å². The van der Waals surface area contributed by atoms with Crippen LogP contribution in [-0.2, 0) is 4.79 Å². The monoisotopic (exact) mass is 392 g/mol. The van der Waals surface area contributed by atoms with Gasteiger partial charge < -0.3 is 10.2 Å². The number of halogens is 1. The van der Waals surface area contributed by atoms with Crippen LogP contribution in [0.3, 0.4) is 0 Å². The molecule has 6 nitrogen and oxygen atoms in total. The van der Waals surface area contributed by atoms with E-state index in [4.69, 9.17) is 0 Å². The predicted molar refractivity (Wildman–Crippen MR) is 109 cm³/mol. The molecule has 148 valence electrons. The van der Waals surface area contributed by atoms with Gasteiger partial charge in [0.1, 0.15) is 5.82 Å². The SMILES string of the molecule is Cc1nn(-c2ccc(F)cc2)c(C)c1C(=O)Nc1ccc(N2CCCC2=O)cc1. The van der Waals surface area contributed by atoms with Gasteiger partial charge in [0.05, 0.1) is 22.6 Å². The quantitative estimate of drug-likeness (QED) is 0.730. The second-order valence-corrected chi connectivity index (χ2v) is 7.08. The fraction of sp³-hybridized carbons (Fsp3) is 0.227. The maximum absolute atomic E-state index is 13.2. The van der Waals surface area contributed by atoms with Crippen LogP contribution in [0.25, 0.3) is 5.69 Å². The third kappa shape index (κ3) is 3.63. The summed E-state index contributed by atoms with van der Waals surface area (Å²) in [5.74, 6) is -0.466. The molecule has 1 aromatic heterocycles. The number of carbonyl (C=O) groups excluding carboxylic acids is 2. The molecule has 1 aliphatic rings. The number of rotatable bonds is 4. The molecule has 7 heteroatoms. The lowest BCUT2D eigenvalue weighted by atomic mass is 10.1. The number of anilines is 2. The number of hydrogen-bond donors (Lipinski definition) is 1. The summed E-state index contributed by atoms with van der Waals surface area (Å²) in [4.78, 5) is 26.5. The van der Waals surface area contributed by atoms with Crippen LogP contribution in [0.4, 0.5) is 15.8 Å². The Bertz CT molecular complexity index is 1070. The van der Waals surface area contributed by atoms with Crippen LogP contribution in [-0.4, -0.2) is 28.1 Å². The lowest BCUT2D eigenvalue weighted by Gasteiger charge is -2.16. The summed E-state index contributed by atoms with van der Waals surface area (Å²) in [7, 11) is 0. The average Bonchev–Trinajstić information content (AvgIpc) is 3.26. The summed E-state index contributed by atoms with van der Waals surface area (Å²) in [6, 6.07) is 13.2. The summed E-state index contributed by atoms with van der Waals surface area (Å²) in [6.45, 7) is 4.30. The van der Waals surface area contributed by atoms with Crippen molar-refractivity contribution < 1.29 is 14.0 Å². The van der Waals surface area contributed by atoms with Gasteiger partial charge in [-0.2, -0.15) is 5.10 Å². The van der Waals surface area contributed by atoms with Gasteiger partial charge in [-0.1, -0.05) is 0 Å². The highest BCUT2D eigenvalue weighted by Gasteiger charge is 2.22. The minimum atomic E-state index is -0.327. The van der Waals surface area contributed by atoms with Gasteiger partial charge in [0.15, 0.2) is 0 Å². The minimum absolute atomic E-state index is 0.126. The molecule has 2 aromatic carbocycles. The lowest BCUT2D eigenvalue weighted by molar-refractivity contribution is -0.117. The molecule has 1 saturated heterocycles. The van der Waals surface area contributed by atoms with Crippen LogP contribution < -0.4 is 10.2 Å². The molecule has 0 bridgehead atoms. The molecule has 2 amide bonds. The van der Waals surface area contributed by atoms with E-state index in [9.17, 15) is 14.0 Å². The van der Waals surface area contributed by atoms with Crippen LogP contribution in [0.15, 0.2) is 48.5 Å². The molecule has 0 spiro atoms. The molecule has 0 unspecified atom stereocenters. The first-order valence-electron chi connectivity index (χ1n) is 9.48. The maximum atomic E-state index is 13.2. The van der Waals surface area contributed by atoms with Gasteiger partial charge in [-0.25, -0.2) is 9.07 Å². The summed E-state index contributed by atoms with van der Waals surface area (Å²) in [5, 5.41) is 7.32. The number of aryl methyl sites for hydroxylation is 1. The molecule has 1 fully saturated rings. The molecule has 0 saturated carbocycles. The Balaban J connectivity index is 1.54. The smallest absolute Gasteiger partial charge is 0.259 e. The zero-order chi connectivity index (χ0) is 20.5. The number of aromatic nitrogens is 2. The van der Waals surface area contributed by atoms with E-state index >= 15 is 0 Å². The number of carbonyl (C=O) groups is 2. The van der Waals surface area contributed by atoms with Crippen molar-refractivity contribution in [2.45, 2.75) is 26.7 Å². The summed E-state index contributed by atoms with van der Waals surface area (Å²) in [6.07, 6.45) is 1.45. The van der Waals surface area contributed by atoms with Crippen LogP contribution in [0, 0.1) is 19.7 Å². The standard InChI is InChI=1S/C22H21FN4O2/c1-14-21(15(2)27(25-14)19-9-5-16(23)6-10-19)22(29)24-17-7-11-18(12-8-17)26-13-3-4-20(26)28/h5-12H,3-4,13H2,1-2H3,(H,24,29). The van der Waals surface area contributed by atoms with E-state index in [2.05, 4.69) is 10.4 Å². The van der Waals surface area contributed by atoms with Crippen molar-refractivity contribution in [3.63, 3.8) is 0 Å². The van der Waals surface area contributed by atoms with Crippen molar-refractivity contribution in [1.82, 2.24) is 9.78 Å². The van der Waals surface area contributed by atoms with E-state index in [0.717, 1.165) is 18.7 Å². The Morgan fingerprint density at radius 3 is 2.31 bits per heavy atom. The van der Waals surface area contributed by atoms with Crippen LogP contribution in [0.2, 0.25) is 0 Å². The third-order valence-electron chi connectivity index (χ3n) is 5.10. The zero-order valence-corrected chi connectivity index (χ0v) is 16.3. The fourth-order valence-corrected chi connectivity index (χ4v) is 3.64. The van der Waals surface area contributed by atoms with Crippen LogP contribution in [0.1, 0.15) is 34.6 Å². The molecular weight excluding hydrogens is 371 g/mol. The minimum Gasteiger partial charge on any atom is -0.322 e. The van der Waals surface area contributed by atoms with E-state index < -0.39 is 0 Å². The van der Waals surface area contributed by atoms with Crippen molar-refractivity contribution in [1.29, 1.82) is 0 Å². The van der Waals surface area contributed by atoms with Crippen LogP contribution in [0.5, 0.6) is 0 Å². The van der Waals surface area contributed by atoms with E-state index in [1.807, 2.05) is 12.1 Å². The Labute approximate surface area is 167 Å². The number of hydrogen-bond acceptors (Lipinski definition) is 3. The van der Waals surface area contributed by atoms with E-state index in [1.54, 1.807) is 47.7 Å². The van der Waals surface area contributed by atoms with Gasteiger partial charge in [-0.15, -0.1) is 0 Å². The molecule has 1 N–H and O–H groups in total. The van der Waals surface area contributed by atoms with Crippen molar-refractivity contribution in [3.05, 3.63) is 71.3 Å². The third-order valence-corrected chi connectivity index (χ3v) is 5.10. The van der Waals surface area contributed by atoms with E-state index in [1.165, 1.54) is 12.1 Å². The van der Waals surface area contributed by atoms with Gasteiger partial charge >= 0.3 is 0 Å². The molecule has 0 atom stereocenters. The van der Waals surface area contributed by atoms with Crippen LogP contribution >= 0.6 is 0 Å². The highest BCUT2D eigenvalue weighted by molar-refractivity contribution is 6.06. The first-order valence-corrected chi connectivity index (χ1v) is 9.48. The Morgan fingerprint density at radius 2 is 1.69 bits per heavy atom. The van der Waals surface area contributed by atoms with E-state index in [-0.39, 0.29) is 17.6 Å². The zero-order valence-electron chi connectivity index (χ0n) is 16.3. The summed E-state index contributed by atoms with van der Waals surface area (Å²) in [5.41, 5.74) is 3.90. The van der Waals surface area contributed by atoms with Crippen molar-refractivity contribution >= 4 is 23.2 Å². The number of nitrogens with zero attached hydrogens (tertiary/aromatic N) is 3. The number of nitrogens with one attached hydrogen (secondary N) is 1. The van der Waals surface area contributed by atoms with Gasteiger partial charge in [0.2, 0.25) is 5.91 Å². The Morgan fingerprint density at radius 1 is 1.03 bits per heavy atom. The molecule has 2 heterocycles. The normalized spacial score (nSPS) is 13.8. The molecule has 3 aromatic rings. The Kier molecular flexibility index (Phi) is 4.88. The van der Waals surface area contributed by atoms with Crippen molar-refractivity contribution in [2.24, 2.45) is 0 Å². The van der Waals surface area contributed by atoms with Gasteiger partial charge in [0.25, 0.3) is 5.91 Å². The fourth-order valence-electron chi connectivity index (χ4n) is 3.64. The lowest BCUT2D eigenvalue weighted by Crippen LogP contribution is -2.23. The van der Waals surface area contributed by atoms with E-state index in [0.29, 0.717) is 34.7 Å². The Hall–Kier alpha value is -3.48. The highest BCUT2D eigenvalue weighted by atomic mass is 19.1. The van der Waals surface area contributed by atoms with Gasteiger partial charge in [-0.3, -0.25) is 9.59 Å². The van der Waals surface area contributed by atoms with Gasteiger partial charge in [-0.05, 0) is 68.8 Å². The number of amides is 2. The van der Waals surface area contributed by atoms with Crippen molar-refractivity contribution in [2.75, 3.05) is 16.8 Å². The topological polar surface area (TPSA) is 67.2 Å². The largest absolute Gasteiger partial charge is 0.322 e. The molecule has 4 rings (SSSR count). The summed E-state index contributed by atoms with van der Waals surface area (Å²) < 4.78 is 14.8.